The third-order valence-electron chi connectivity index (χ3n) is 3.96. The number of anilines is 1. The van der Waals surface area contributed by atoms with Crippen LogP contribution in [-0.2, 0) is 20.5 Å². The molecule has 1 aliphatic rings. The van der Waals surface area contributed by atoms with E-state index in [0.717, 1.165) is 5.56 Å². The summed E-state index contributed by atoms with van der Waals surface area (Å²) in [6, 6.07) is 14.2. The Labute approximate surface area is 157 Å². The number of carbonyl (C=O) groups excluding carboxylic acids is 1. The van der Waals surface area contributed by atoms with Gasteiger partial charge in [0.15, 0.2) is 0 Å². The van der Waals surface area contributed by atoms with Gasteiger partial charge < -0.3 is 4.74 Å². The summed E-state index contributed by atoms with van der Waals surface area (Å²) >= 11 is 5.95. The molecule has 26 heavy (non-hydrogen) atoms. The van der Waals surface area contributed by atoms with Crippen molar-refractivity contribution in [3.63, 3.8) is 0 Å². The summed E-state index contributed by atoms with van der Waals surface area (Å²) in [4.78, 5) is 13.5. The quantitative estimate of drug-likeness (QED) is 0.816. The van der Waals surface area contributed by atoms with E-state index in [4.69, 9.17) is 16.3 Å². The van der Waals surface area contributed by atoms with E-state index in [2.05, 4.69) is 4.72 Å². The molecule has 1 unspecified atom stereocenters. The van der Waals surface area contributed by atoms with Gasteiger partial charge in [0.25, 0.3) is 0 Å². The van der Waals surface area contributed by atoms with Crippen LogP contribution in [0.2, 0.25) is 5.02 Å². The van der Waals surface area contributed by atoms with Gasteiger partial charge in [-0.05, 0) is 30.7 Å². The molecule has 1 heterocycles. The highest BCUT2D eigenvalue weighted by atomic mass is 35.5. The maximum Gasteiger partial charge on any atom is 0.414 e. The van der Waals surface area contributed by atoms with Gasteiger partial charge in [-0.2, -0.15) is 0 Å². The average molecular weight is 395 g/mol. The molecule has 1 atom stereocenters. The Bertz CT molecular complexity index is 917. The number of hydrogen-bond donors (Lipinski definition) is 1. The van der Waals surface area contributed by atoms with Gasteiger partial charge in [0, 0.05) is 17.3 Å². The molecule has 1 N–H and O–H groups in total. The van der Waals surface area contributed by atoms with E-state index in [1.54, 1.807) is 30.3 Å². The van der Waals surface area contributed by atoms with E-state index in [1.807, 2.05) is 25.1 Å². The van der Waals surface area contributed by atoms with Gasteiger partial charge in [-0.15, -0.1) is 0 Å². The molecule has 0 bridgehead atoms. The zero-order valence-electron chi connectivity index (χ0n) is 14.2. The number of ether oxygens (including phenoxy) is 1. The van der Waals surface area contributed by atoms with Crippen LogP contribution in [0.3, 0.4) is 0 Å². The van der Waals surface area contributed by atoms with Crippen molar-refractivity contribution >= 4 is 33.4 Å². The molecule has 2 aromatic carbocycles. The molecule has 1 saturated heterocycles. The molecule has 1 amide bonds. The fourth-order valence-corrected chi connectivity index (χ4v) is 4.12. The van der Waals surface area contributed by atoms with Crippen molar-refractivity contribution in [2.24, 2.45) is 0 Å². The first-order valence-electron chi connectivity index (χ1n) is 8.09. The summed E-state index contributed by atoms with van der Waals surface area (Å²) in [5.41, 5.74) is 2.33. The number of hydrogen-bond acceptors (Lipinski definition) is 4. The standard InChI is InChI=1S/C18H19ClN2O4S/c1-13-4-2-5-14(8-13)12-26(23,24)20-10-17-11-21(18(22)25-17)16-7-3-6-15(19)9-16/h2-9,17,20H,10-12H2,1H3. The van der Waals surface area contributed by atoms with Gasteiger partial charge in [-0.1, -0.05) is 47.5 Å². The first-order chi connectivity index (χ1) is 12.3. The maximum absolute atomic E-state index is 12.3. The molecule has 6 nitrogen and oxygen atoms in total. The van der Waals surface area contributed by atoms with Crippen molar-refractivity contribution < 1.29 is 17.9 Å². The zero-order valence-corrected chi connectivity index (χ0v) is 15.8. The van der Waals surface area contributed by atoms with Crippen LogP contribution >= 0.6 is 11.6 Å². The second-order valence-corrected chi connectivity index (χ2v) is 8.44. The van der Waals surface area contributed by atoms with Crippen LogP contribution in [-0.4, -0.2) is 33.7 Å². The lowest BCUT2D eigenvalue weighted by Crippen LogP contribution is -2.35. The summed E-state index contributed by atoms with van der Waals surface area (Å²) < 4.78 is 32.3. The molecule has 8 heteroatoms. The Morgan fingerprint density at radius 1 is 1.23 bits per heavy atom. The SMILES string of the molecule is Cc1cccc(CS(=O)(=O)NCC2CN(c3cccc(Cl)c3)C(=O)O2)c1. The minimum atomic E-state index is -3.53. The van der Waals surface area contributed by atoms with Crippen molar-refractivity contribution in [3.05, 3.63) is 64.7 Å². The lowest BCUT2D eigenvalue weighted by molar-refractivity contribution is 0.143. The number of aryl methyl sites for hydroxylation is 1. The van der Waals surface area contributed by atoms with Crippen LogP contribution in [0.25, 0.3) is 0 Å². The second-order valence-electron chi connectivity index (χ2n) is 6.19. The number of benzene rings is 2. The Morgan fingerprint density at radius 2 is 2.00 bits per heavy atom. The molecule has 138 valence electrons. The van der Waals surface area contributed by atoms with E-state index in [9.17, 15) is 13.2 Å². The monoisotopic (exact) mass is 394 g/mol. The fourth-order valence-electron chi connectivity index (χ4n) is 2.77. The molecule has 1 aliphatic heterocycles. The minimum absolute atomic E-state index is 0.0248. The van der Waals surface area contributed by atoms with Crippen molar-refractivity contribution in [1.29, 1.82) is 0 Å². The highest BCUT2D eigenvalue weighted by molar-refractivity contribution is 7.88. The lowest BCUT2D eigenvalue weighted by atomic mass is 10.2. The number of rotatable bonds is 6. The van der Waals surface area contributed by atoms with Gasteiger partial charge in [0.2, 0.25) is 10.0 Å². The molecular formula is C18H19ClN2O4S. The predicted molar refractivity (Wildman–Crippen MR) is 101 cm³/mol. The fraction of sp³-hybridized carbons (Fsp3) is 0.278. The summed E-state index contributed by atoms with van der Waals surface area (Å²) in [7, 11) is -3.53. The number of nitrogens with one attached hydrogen (secondary N) is 1. The minimum Gasteiger partial charge on any atom is -0.443 e. The summed E-state index contributed by atoms with van der Waals surface area (Å²) in [6.45, 7) is 2.19. The molecule has 0 aromatic heterocycles. The molecule has 2 aromatic rings. The molecule has 0 aliphatic carbocycles. The largest absolute Gasteiger partial charge is 0.443 e. The number of amides is 1. The van der Waals surface area contributed by atoms with Gasteiger partial charge in [0.05, 0.1) is 12.3 Å². The van der Waals surface area contributed by atoms with E-state index in [1.165, 1.54) is 4.90 Å². The average Bonchev–Trinajstić information content (AvgIpc) is 2.94. The molecular weight excluding hydrogens is 376 g/mol. The van der Waals surface area contributed by atoms with Crippen LogP contribution in [0.15, 0.2) is 48.5 Å². The third-order valence-corrected chi connectivity index (χ3v) is 5.52. The number of nitrogens with zero attached hydrogens (tertiary/aromatic N) is 1. The van der Waals surface area contributed by atoms with E-state index in [0.29, 0.717) is 16.3 Å². The van der Waals surface area contributed by atoms with E-state index in [-0.39, 0.29) is 18.8 Å². The topological polar surface area (TPSA) is 75.7 Å². The first-order valence-corrected chi connectivity index (χ1v) is 10.1. The van der Waals surface area contributed by atoms with Gasteiger partial charge in [-0.3, -0.25) is 4.90 Å². The molecule has 1 fully saturated rings. The first kappa shape index (κ1) is 18.7. The number of halogens is 1. The Kier molecular flexibility index (Phi) is 5.50. The smallest absolute Gasteiger partial charge is 0.414 e. The Hall–Kier alpha value is -2.09. The van der Waals surface area contributed by atoms with Crippen LogP contribution < -0.4 is 9.62 Å². The summed E-state index contributed by atoms with van der Waals surface area (Å²) in [5, 5.41) is 0.512. The molecule has 0 radical (unpaired) electrons. The molecule has 0 spiro atoms. The molecule has 3 rings (SSSR count). The Balaban J connectivity index is 1.59. The predicted octanol–water partition coefficient (Wildman–Crippen LogP) is 3.09. The van der Waals surface area contributed by atoms with Crippen molar-refractivity contribution in [2.45, 2.75) is 18.8 Å². The van der Waals surface area contributed by atoms with Gasteiger partial charge >= 0.3 is 6.09 Å². The zero-order chi connectivity index (χ0) is 18.7. The van der Waals surface area contributed by atoms with Crippen LogP contribution in [0.1, 0.15) is 11.1 Å². The Morgan fingerprint density at radius 3 is 2.73 bits per heavy atom. The number of carbonyl (C=O) groups is 1. The molecule has 0 saturated carbocycles. The third kappa shape index (κ3) is 4.75. The van der Waals surface area contributed by atoms with E-state index >= 15 is 0 Å². The summed E-state index contributed by atoms with van der Waals surface area (Å²) in [6.07, 6.45) is -1.08. The van der Waals surface area contributed by atoms with Crippen molar-refractivity contribution in [2.75, 3.05) is 18.0 Å². The maximum atomic E-state index is 12.3. The lowest BCUT2D eigenvalue weighted by Gasteiger charge is -2.13. The number of sulfonamides is 1. The van der Waals surface area contributed by atoms with Crippen LogP contribution in [0.5, 0.6) is 0 Å². The highest BCUT2D eigenvalue weighted by Crippen LogP contribution is 2.24. The van der Waals surface area contributed by atoms with Crippen LogP contribution in [0.4, 0.5) is 10.5 Å². The second kappa shape index (κ2) is 7.65. The van der Waals surface area contributed by atoms with Crippen LogP contribution in [0, 0.1) is 6.92 Å². The highest BCUT2D eigenvalue weighted by Gasteiger charge is 2.33. The number of cyclic esters (lactones) is 1. The van der Waals surface area contributed by atoms with E-state index < -0.39 is 22.2 Å². The van der Waals surface area contributed by atoms with Crippen molar-refractivity contribution in [1.82, 2.24) is 4.72 Å². The summed E-state index contributed by atoms with van der Waals surface area (Å²) in [5.74, 6) is -0.118. The van der Waals surface area contributed by atoms with Gasteiger partial charge in [0.1, 0.15) is 6.10 Å². The van der Waals surface area contributed by atoms with Gasteiger partial charge in [-0.25, -0.2) is 17.9 Å². The normalized spacial score (nSPS) is 17.4. The van der Waals surface area contributed by atoms with Crippen molar-refractivity contribution in [3.8, 4) is 0 Å².